The first kappa shape index (κ1) is 17.9. The van der Waals surface area contributed by atoms with E-state index in [1.54, 1.807) is 21.3 Å². The summed E-state index contributed by atoms with van der Waals surface area (Å²) in [7, 11) is 4.95. The van der Waals surface area contributed by atoms with Crippen molar-refractivity contribution >= 4 is 22.6 Å². The maximum absolute atomic E-state index is 5.53. The summed E-state index contributed by atoms with van der Waals surface area (Å²) in [6.45, 7) is 0. The van der Waals surface area contributed by atoms with Gasteiger partial charge in [0.1, 0.15) is 0 Å². The standard InChI is InChI=1S/C19H23IO3/c1-21-17-13-10-15(18(22-2)19(17)23-3)7-5-4-6-14-8-11-16(20)12-9-14/h8-13H,4-7H2,1-3H3. The van der Waals surface area contributed by atoms with Crippen LogP contribution in [0.15, 0.2) is 36.4 Å². The number of rotatable bonds is 8. The normalized spacial score (nSPS) is 10.4. The van der Waals surface area contributed by atoms with Crippen molar-refractivity contribution in [2.24, 2.45) is 0 Å². The first-order valence-corrected chi connectivity index (χ1v) is 8.79. The highest BCUT2D eigenvalue weighted by molar-refractivity contribution is 14.1. The summed E-state index contributed by atoms with van der Waals surface area (Å²) in [5, 5.41) is 0. The van der Waals surface area contributed by atoms with Gasteiger partial charge in [0.25, 0.3) is 0 Å². The van der Waals surface area contributed by atoms with Gasteiger partial charge in [0, 0.05) is 3.57 Å². The van der Waals surface area contributed by atoms with Crippen LogP contribution in [0, 0.1) is 3.57 Å². The summed E-state index contributed by atoms with van der Waals surface area (Å²) >= 11 is 2.33. The fraction of sp³-hybridized carbons (Fsp3) is 0.368. The minimum Gasteiger partial charge on any atom is -0.493 e. The van der Waals surface area contributed by atoms with Crippen LogP contribution in [-0.4, -0.2) is 21.3 Å². The van der Waals surface area contributed by atoms with Gasteiger partial charge in [-0.1, -0.05) is 18.2 Å². The molecule has 0 unspecified atom stereocenters. The smallest absolute Gasteiger partial charge is 0.203 e. The lowest BCUT2D eigenvalue weighted by Crippen LogP contribution is -1.99. The highest BCUT2D eigenvalue weighted by Crippen LogP contribution is 2.40. The van der Waals surface area contributed by atoms with Gasteiger partial charge in [-0.05, 0) is 77.6 Å². The molecule has 124 valence electrons. The van der Waals surface area contributed by atoms with Crippen LogP contribution in [0.2, 0.25) is 0 Å². The predicted octanol–water partition coefficient (Wildman–Crippen LogP) is 4.88. The fourth-order valence-corrected chi connectivity index (χ4v) is 3.02. The maximum atomic E-state index is 5.53. The third-order valence-electron chi connectivity index (χ3n) is 3.86. The van der Waals surface area contributed by atoms with Gasteiger partial charge in [0.05, 0.1) is 21.3 Å². The number of halogens is 1. The summed E-state index contributed by atoms with van der Waals surface area (Å²) < 4.78 is 17.6. The van der Waals surface area contributed by atoms with Crippen molar-refractivity contribution in [2.45, 2.75) is 25.7 Å². The van der Waals surface area contributed by atoms with Crippen LogP contribution in [0.1, 0.15) is 24.0 Å². The minimum absolute atomic E-state index is 0.671. The van der Waals surface area contributed by atoms with E-state index in [0.29, 0.717) is 11.5 Å². The third-order valence-corrected chi connectivity index (χ3v) is 4.58. The third kappa shape index (κ3) is 4.77. The Hall–Kier alpha value is -1.43. The zero-order valence-electron chi connectivity index (χ0n) is 13.9. The summed E-state index contributed by atoms with van der Waals surface area (Å²) in [5.74, 6) is 2.15. The van der Waals surface area contributed by atoms with Crippen molar-refractivity contribution in [1.82, 2.24) is 0 Å². The number of hydrogen-bond donors (Lipinski definition) is 0. The summed E-state index contributed by atoms with van der Waals surface area (Å²) in [4.78, 5) is 0. The molecule has 2 aromatic rings. The molecule has 0 fully saturated rings. The molecule has 0 atom stereocenters. The SMILES string of the molecule is COc1ccc(CCCCc2ccc(I)cc2)c(OC)c1OC. The zero-order valence-corrected chi connectivity index (χ0v) is 16.1. The number of ether oxygens (including phenoxy) is 3. The van der Waals surface area contributed by atoms with Crippen LogP contribution in [0.25, 0.3) is 0 Å². The number of hydrogen-bond acceptors (Lipinski definition) is 3. The second-order valence-electron chi connectivity index (χ2n) is 5.33. The number of benzene rings is 2. The van der Waals surface area contributed by atoms with E-state index in [9.17, 15) is 0 Å². The maximum Gasteiger partial charge on any atom is 0.203 e. The Morgan fingerprint density at radius 2 is 1.39 bits per heavy atom. The van der Waals surface area contributed by atoms with E-state index >= 15 is 0 Å². The average molecular weight is 426 g/mol. The van der Waals surface area contributed by atoms with Gasteiger partial charge in [-0.15, -0.1) is 0 Å². The quantitative estimate of drug-likeness (QED) is 0.445. The molecule has 0 bridgehead atoms. The lowest BCUT2D eigenvalue weighted by atomic mass is 10.0. The molecule has 0 saturated heterocycles. The Labute approximate surface area is 152 Å². The molecule has 2 rings (SSSR count). The zero-order chi connectivity index (χ0) is 16.7. The van der Waals surface area contributed by atoms with E-state index in [-0.39, 0.29) is 0 Å². The van der Waals surface area contributed by atoms with Gasteiger partial charge >= 0.3 is 0 Å². The molecule has 0 N–H and O–H groups in total. The lowest BCUT2D eigenvalue weighted by Gasteiger charge is -2.15. The van der Waals surface area contributed by atoms with Crippen LogP contribution in [0.5, 0.6) is 17.2 Å². The van der Waals surface area contributed by atoms with Crippen LogP contribution < -0.4 is 14.2 Å². The van der Waals surface area contributed by atoms with Gasteiger partial charge in [0.2, 0.25) is 5.75 Å². The number of methoxy groups -OCH3 is 3. The van der Waals surface area contributed by atoms with Crippen LogP contribution >= 0.6 is 22.6 Å². The Balaban J connectivity index is 1.96. The Bertz CT molecular complexity index is 623. The Kier molecular flexibility index (Phi) is 7.02. The lowest BCUT2D eigenvalue weighted by molar-refractivity contribution is 0.322. The summed E-state index contributed by atoms with van der Waals surface area (Å²) in [6, 6.07) is 12.7. The van der Waals surface area contributed by atoms with Crippen molar-refractivity contribution in [3.63, 3.8) is 0 Å². The molecular formula is C19H23IO3. The summed E-state index contributed by atoms with van der Waals surface area (Å²) in [5.41, 5.74) is 2.55. The average Bonchev–Trinajstić information content (AvgIpc) is 2.59. The molecule has 23 heavy (non-hydrogen) atoms. The molecule has 0 amide bonds. The van der Waals surface area contributed by atoms with E-state index < -0.39 is 0 Å². The Morgan fingerprint density at radius 3 is 2.00 bits per heavy atom. The molecule has 0 radical (unpaired) electrons. The van der Waals surface area contributed by atoms with E-state index in [4.69, 9.17) is 14.2 Å². The monoisotopic (exact) mass is 426 g/mol. The number of aryl methyl sites for hydroxylation is 2. The highest BCUT2D eigenvalue weighted by atomic mass is 127. The summed E-state index contributed by atoms with van der Waals surface area (Å²) in [6.07, 6.45) is 4.33. The van der Waals surface area contributed by atoms with Gasteiger partial charge in [-0.25, -0.2) is 0 Å². The first-order valence-electron chi connectivity index (χ1n) is 7.72. The molecule has 0 aromatic heterocycles. The van der Waals surface area contributed by atoms with Crippen LogP contribution in [-0.2, 0) is 12.8 Å². The van der Waals surface area contributed by atoms with E-state index in [1.165, 1.54) is 9.13 Å². The fourth-order valence-electron chi connectivity index (χ4n) is 2.66. The first-order chi connectivity index (χ1) is 11.2. The van der Waals surface area contributed by atoms with E-state index in [1.807, 2.05) is 6.07 Å². The number of unbranched alkanes of at least 4 members (excludes halogenated alkanes) is 1. The Morgan fingerprint density at radius 1 is 0.739 bits per heavy atom. The highest BCUT2D eigenvalue weighted by Gasteiger charge is 2.15. The molecule has 4 heteroatoms. The van der Waals surface area contributed by atoms with Crippen molar-refractivity contribution in [3.8, 4) is 17.2 Å². The van der Waals surface area contributed by atoms with Gasteiger partial charge in [0.15, 0.2) is 11.5 Å². The molecule has 3 nitrogen and oxygen atoms in total. The van der Waals surface area contributed by atoms with E-state index in [0.717, 1.165) is 37.0 Å². The molecular weight excluding hydrogens is 403 g/mol. The van der Waals surface area contributed by atoms with Crippen molar-refractivity contribution in [3.05, 3.63) is 51.1 Å². The van der Waals surface area contributed by atoms with Gasteiger partial charge in [-0.3, -0.25) is 0 Å². The van der Waals surface area contributed by atoms with Gasteiger partial charge < -0.3 is 14.2 Å². The molecule has 2 aromatic carbocycles. The molecule has 0 saturated carbocycles. The van der Waals surface area contributed by atoms with Crippen molar-refractivity contribution in [2.75, 3.05) is 21.3 Å². The largest absolute Gasteiger partial charge is 0.493 e. The molecule has 0 spiro atoms. The van der Waals surface area contributed by atoms with E-state index in [2.05, 4.69) is 52.9 Å². The molecule has 0 aliphatic carbocycles. The van der Waals surface area contributed by atoms with Crippen molar-refractivity contribution in [1.29, 1.82) is 0 Å². The predicted molar refractivity (Wildman–Crippen MR) is 102 cm³/mol. The van der Waals surface area contributed by atoms with Crippen molar-refractivity contribution < 1.29 is 14.2 Å². The minimum atomic E-state index is 0.671. The second kappa shape index (κ2) is 9.01. The molecule has 0 heterocycles. The topological polar surface area (TPSA) is 27.7 Å². The van der Waals surface area contributed by atoms with Crippen LogP contribution in [0.4, 0.5) is 0 Å². The molecule has 0 aliphatic rings. The van der Waals surface area contributed by atoms with Crippen LogP contribution in [0.3, 0.4) is 0 Å². The molecule has 0 aliphatic heterocycles. The van der Waals surface area contributed by atoms with Gasteiger partial charge in [-0.2, -0.15) is 0 Å². The second-order valence-corrected chi connectivity index (χ2v) is 6.57.